The molecule has 128 valence electrons. The maximum absolute atomic E-state index is 12.0. The van der Waals surface area contributed by atoms with Crippen LogP contribution in [0.3, 0.4) is 0 Å². The molecule has 7 heteroatoms. The van der Waals surface area contributed by atoms with Crippen molar-refractivity contribution in [2.75, 3.05) is 19.5 Å². The van der Waals surface area contributed by atoms with Gasteiger partial charge in [0.2, 0.25) is 15.9 Å². The molecule has 2 aromatic rings. The Morgan fingerprint density at radius 1 is 1.08 bits per heavy atom. The number of ether oxygens (including phenoxy) is 1. The highest BCUT2D eigenvalue weighted by molar-refractivity contribution is 7.89. The van der Waals surface area contributed by atoms with E-state index in [0.717, 1.165) is 11.3 Å². The van der Waals surface area contributed by atoms with E-state index in [1.165, 1.54) is 19.2 Å². The van der Waals surface area contributed by atoms with Gasteiger partial charge in [-0.05, 0) is 49.4 Å². The molecule has 0 aromatic heterocycles. The molecule has 0 fully saturated rings. The monoisotopic (exact) mass is 348 g/mol. The Bertz CT molecular complexity index is 802. The summed E-state index contributed by atoms with van der Waals surface area (Å²) in [6.07, 6.45) is 0.860. The molecule has 0 spiro atoms. The number of rotatable bonds is 7. The van der Waals surface area contributed by atoms with E-state index in [0.29, 0.717) is 18.5 Å². The molecule has 2 rings (SSSR count). The van der Waals surface area contributed by atoms with Crippen molar-refractivity contribution in [3.8, 4) is 5.75 Å². The Morgan fingerprint density at radius 3 is 2.38 bits per heavy atom. The average Bonchev–Trinajstić information content (AvgIpc) is 2.60. The minimum Gasteiger partial charge on any atom is -0.496 e. The number of carbonyl (C=O) groups excluding carboxylic acids is 1. The maximum Gasteiger partial charge on any atom is 0.240 e. The SMILES string of the molecule is CNS(=O)(=O)c1ccc(NC(=O)CCc2ccccc2OC)cc1. The molecular formula is C17H20N2O4S. The minimum absolute atomic E-state index is 0.148. The van der Waals surface area contributed by atoms with Crippen LogP contribution in [0.15, 0.2) is 53.4 Å². The van der Waals surface area contributed by atoms with E-state index < -0.39 is 10.0 Å². The van der Waals surface area contributed by atoms with Crippen LogP contribution in [0.5, 0.6) is 5.75 Å². The van der Waals surface area contributed by atoms with Gasteiger partial charge in [0.05, 0.1) is 12.0 Å². The van der Waals surface area contributed by atoms with E-state index in [2.05, 4.69) is 10.0 Å². The van der Waals surface area contributed by atoms with E-state index in [-0.39, 0.29) is 10.8 Å². The molecule has 6 nitrogen and oxygen atoms in total. The normalized spacial score (nSPS) is 11.1. The van der Waals surface area contributed by atoms with Gasteiger partial charge in [0, 0.05) is 12.1 Å². The number of para-hydroxylation sites is 1. The van der Waals surface area contributed by atoms with Gasteiger partial charge in [-0.1, -0.05) is 18.2 Å². The summed E-state index contributed by atoms with van der Waals surface area (Å²) in [5, 5.41) is 2.75. The Hall–Kier alpha value is -2.38. The summed E-state index contributed by atoms with van der Waals surface area (Å²) in [7, 11) is -0.527. The highest BCUT2D eigenvalue weighted by atomic mass is 32.2. The molecule has 0 saturated heterocycles. The summed E-state index contributed by atoms with van der Waals surface area (Å²) in [6.45, 7) is 0. The molecule has 0 radical (unpaired) electrons. The highest BCUT2D eigenvalue weighted by Crippen LogP contribution is 2.19. The van der Waals surface area contributed by atoms with Crippen molar-refractivity contribution in [3.63, 3.8) is 0 Å². The van der Waals surface area contributed by atoms with Gasteiger partial charge in [0.1, 0.15) is 5.75 Å². The molecule has 0 aliphatic rings. The third-order valence-corrected chi connectivity index (χ3v) is 4.96. The molecule has 0 heterocycles. The van der Waals surface area contributed by atoms with Crippen molar-refractivity contribution in [2.24, 2.45) is 0 Å². The van der Waals surface area contributed by atoms with Crippen molar-refractivity contribution in [1.82, 2.24) is 4.72 Å². The van der Waals surface area contributed by atoms with Gasteiger partial charge in [0.15, 0.2) is 0 Å². The Labute approximate surface area is 141 Å². The second-order valence-corrected chi connectivity index (χ2v) is 6.98. The first-order valence-electron chi connectivity index (χ1n) is 7.41. The fraction of sp³-hybridized carbons (Fsp3) is 0.235. The number of nitrogens with one attached hydrogen (secondary N) is 2. The smallest absolute Gasteiger partial charge is 0.240 e. The minimum atomic E-state index is -3.47. The van der Waals surface area contributed by atoms with E-state index in [1.807, 2.05) is 24.3 Å². The lowest BCUT2D eigenvalue weighted by atomic mass is 10.1. The lowest BCUT2D eigenvalue weighted by Crippen LogP contribution is -2.18. The molecule has 24 heavy (non-hydrogen) atoms. The number of amides is 1. The summed E-state index contributed by atoms with van der Waals surface area (Å²) in [4.78, 5) is 12.2. The number of anilines is 1. The van der Waals surface area contributed by atoms with Crippen LogP contribution in [0.25, 0.3) is 0 Å². The van der Waals surface area contributed by atoms with Crippen LogP contribution in [-0.4, -0.2) is 28.5 Å². The van der Waals surface area contributed by atoms with Gasteiger partial charge in [-0.3, -0.25) is 4.79 Å². The second-order valence-electron chi connectivity index (χ2n) is 5.09. The van der Waals surface area contributed by atoms with Crippen LogP contribution in [0.1, 0.15) is 12.0 Å². The lowest BCUT2D eigenvalue weighted by molar-refractivity contribution is -0.116. The number of aryl methyl sites for hydroxylation is 1. The molecular weight excluding hydrogens is 328 g/mol. The quantitative estimate of drug-likeness (QED) is 0.803. The molecule has 2 N–H and O–H groups in total. The van der Waals surface area contributed by atoms with Crippen molar-refractivity contribution in [1.29, 1.82) is 0 Å². The van der Waals surface area contributed by atoms with Crippen molar-refractivity contribution < 1.29 is 17.9 Å². The van der Waals surface area contributed by atoms with Crippen LogP contribution in [0.2, 0.25) is 0 Å². The standard InChI is InChI=1S/C17H20N2O4S/c1-18-24(21,22)15-10-8-14(9-11-15)19-17(20)12-7-13-5-3-4-6-16(13)23-2/h3-6,8-11,18H,7,12H2,1-2H3,(H,19,20). The Balaban J connectivity index is 1.95. The third kappa shape index (κ3) is 4.56. The van der Waals surface area contributed by atoms with Crippen molar-refractivity contribution in [2.45, 2.75) is 17.7 Å². The zero-order valence-electron chi connectivity index (χ0n) is 13.6. The fourth-order valence-corrected chi connectivity index (χ4v) is 2.95. The Kier molecular flexibility index (Phi) is 5.94. The first-order chi connectivity index (χ1) is 11.5. The van der Waals surface area contributed by atoms with Crippen molar-refractivity contribution >= 4 is 21.6 Å². The first-order valence-corrected chi connectivity index (χ1v) is 8.90. The summed E-state index contributed by atoms with van der Waals surface area (Å²) >= 11 is 0. The predicted octanol–water partition coefficient (Wildman–Crippen LogP) is 2.17. The summed E-state index contributed by atoms with van der Waals surface area (Å²) in [5.74, 6) is 0.608. The summed E-state index contributed by atoms with van der Waals surface area (Å²) < 4.78 is 30.8. The van der Waals surface area contributed by atoms with Crippen LogP contribution in [0, 0.1) is 0 Å². The van der Waals surface area contributed by atoms with Gasteiger partial charge in [0.25, 0.3) is 0 Å². The average molecular weight is 348 g/mol. The van der Waals surface area contributed by atoms with Crippen molar-refractivity contribution in [3.05, 3.63) is 54.1 Å². The van der Waals surface area contributed by atoms with Gasteiger partial charge in [-0.2, -0.15) is 0 Å². The number of methoxy groups -OCH3 is 1. The molecule has 0 atom stereocenters. The molecule has 0 aliphatic heterocycles. The van der Waals surface area contributed by atoms with Crippen LogP contribution >= 0.6 is 0 Å². The highest BCUT2D eigenvalue weighted by Gasteiger charge is 2.11. The van der Waals surface area contributed by atoms with E-state index in [9.17, 15) is 13.2 Å². The van der Waals surface area contributed by atoms with Crippen LogP contribution in [-0.2, 0) is 21.2 Å². The van der Waals surface area contributed by atoms with Crippen LogP contribution < -0.4 is 14.8 Å². The fourth-order valence-electron chi connectivity index (χ4n) is 2.22. The van der Waals surface area contributed by atoms with Gasteiger partial charge in [-0.25, -0.2) is 13.1 Å². The number of carbonyl (C=O) groups is 1. The zero-order valence-corrected chi connectivity index (χ0v) is 14.4. The Morgan fingerprint density at radius 2 is 1.75 bits per heavy atom. The topological polar surface area (TPSA) is 84.5 Å². The van der Waals surface area contributed by atoms with E-state index in [1.54, 1.807) is 19.2 Å². The molecule has 0 saturated carbocycles. The number of sulfonamides is 1. The van der Waals surface area contributed by atoms with Gasteiger partial charge >= 0.3 is 0 Å². The van der Waals surface area contributed by atoms with Gasteiger partial charge in [-0.15, -0.1) is 0 Å². The molecule has 1 amide bonds. The third-order valence-electron chi connectivity index (χ3n) is 3.53. The molecule has 0 unspecified atom stereocenters. The zero-order chi connectivity index (χ0) is 17.6. The largest absolute Gasteiger partial charge is 0.496 e. The predicted molar refractivity (Wildman–Crippen MR) is 92.6 cm³/mol. The van der Waals surface area contributed by atoms with E-state index >= 15 is 0 Å². The first kappa shape index (κ1) is 18.0. The molecule has 0 bridgehead atoms. The van der Waals surface area contributed by atoms with Crippen LogP contribution in [0.4, 0.5) is 5.69 Å². The second kappa shape index (κ2) is 7.94. The summed E-state index contributed by atoms with van der Waals surface area (Å²) in [5.41, 5.74) is 1.51. The molecule has 0 aliphatic carbocycles. The number of hydrogen-bond donors (Lipinski definition) is 2. The maximum atomic E-state index is 12.0. The van der Waals surface area contributed by atoms with E-state index in [4.69, 9.17) is 4.74 Å². The number of benzene rings is 2. The lowest BCUT2D eigenvalue weighted by Gasteiger charge is -2.09. The summed E-state index contributed by atoms with van der Waals surface area (Å²) in [6, 6.07) is 13.6. The van der Waals surface area contributed by atoms with Gasteiger partial charge < -0.3 is 10.1 Å². The number of hydrogen-bond acceptors (Lipinski definition) is 4. The molecule has 2 aromatic carbocycles.